The number of aromatic carboxylic acids is 1. The van der Waals surface area contributed by atoms with Crippen LogP contribution < -0.4 is 5.32 Å². The predicted octanol–water partition coefficient (Wildman–Crippen LogP) is 3.18. The van der Waals surface area contributed by atoms with Gasteiger partial charge in [0.1, 0.15) is 5.65 Å². The number of nitrogens with zero attached hydrogens (tertiary/aromatic N) is 2. The SMILES string of the molecule is Cc1ccn2cc(CC(=O)Nc3ccc(Cl)c(C(=O)O)c3)nc2c1. The van der Waals surface area contributed by atoms with E-state index >= 15 is 0 Å². The van der Waals surface area contributed by atoms with Gasteiger partial charge in [-0.2, -0.15) is 0 Å². The number of hydrogen-bond acceptors (Lipinski definition) is 3. The van der Waals surface area contributed by atoms with E-state index in [4.69, 9.17) is 16.7 Å². The molecule has 0 aliphatic carbocycles. The molecule has 0 saturated carbocycles. The zero-order valence-electron chi connectivity index (χ0n) is 12.8. The van der Waals surface area contributed by atoms with Crippen molar-refractivity contribution in [2.75, 3.05) is 5.32 Å². The fourth-order valence-electron chi connectivity index (χ4n) is 2.36. The van der Waals surface area contributed by atoms with Crippen LogP contribution in [0.3, 0.4) is 0 Å². The molecule has 6 nitrogen and oxygen atoms in total. The van der Waals surface area contributed by atoms with Gasteiger partial charge in [0.25, 0.3) is 0 Å². The van der Waals surface area contributed by atoms with Gasteiger partial charge in [-0.1, -0.05) is 11.6 Å². The zero-order chi connectivity index (χ0) is 17.3. The molecule has 1 aromatic carbocycles. The minimum atomic E-state index is -1.15. The van der Waals surface area contributed by atoms with Crippen molar-refractivity contribution in [3.05, 3.63) is 64.6 Å². The van der Waals surface area contributed by atoms with Crippen LogP contribution in [0, 0.1) is 6.92 Å². The number of hydrogen-bond donors (Lipinski definition) is 2. The molecule has 2 N–H and O–H groups in total. The Morgan fingerprint density at radius 2 is 2.08 bits per heavy atom. The molecule has 0 fully saturated rings. The van der Waals surface area contributed by atoms with Crippen molar-refractivity contribution < 1.29 is 14.7 Å². The van der Waals surface area contributed by atoms with Crippen LogP contribution in [0.1, 0.15) is 21.6 Å². The maximum atomic E-state index is 12.2. The van der Waals surface area contributed by atoms with Gasteiger partial charge in [-0.25, -0.2) is 9.78 Å². The molecule has 122 valence electrons. The third-order valence-corrected chi connectivity index (χ3v) is 3.82. The van der Waals surface area contributed by atoms with Crippen LogP contribution in [-0.2, 0) is 11.2 Å². The van der Waals surface area contributed by atoms with Crippen molar-refractivity contribution in [3.63, 3.8) is 0 Å². The normalized spacial score (nSPS) is 10.8. The van der Waals surface area contributed by atoms with E-state index in [9.17, 15) is 9.59 Å². The molecule has 2 aromatic heterocycles. The van der Waals surface area contributed by atoms with E-state index in [0.29, 0.717) is 11.4 Å². The van der Waals surface area contributed by atoms with Gasteiger partial charge in [0.05, 0.1) is 22.7 Å². The number of nitrogens with one attached hydrogen (secondary N) is 1. The summed E-state index contributed by atoms with van der Waals surface area (Å²) in [7, 11) is 0. The van der Waals surface area contributed by atoms with Gasteiger partial charge in [-0.3, -0.25) is 4.79 Å². The molecule has 0 unspecified atom stereocenters. The second kappa shape index (κ2) is 6.33. The first-order valence-electron chi connectivity index (χ1n) is 7.19. The molecule has 0 aliphatic rings. The highest BCUT2D eigenvalue weighted by Gasteiger charge is 2.12. The number of anilines is 1. The maximum Gasteiger partial charge on any atom is 0.337 e. The predicted molar refractivity (Wildman–Crippen MR) is 90.7 cm³/mol. The van der Waals surface area contributed by atoms with E-state index in [0.717, 1.165) is 11.2 Å². The molecular formula is C17H14ClN3O3. The zero-order valence-corrected chi connectivity index (χ0v) is 13.5. The summed E-state index contributed by atoms with van der Waals surface area (Å²) < 4.78 is 1.85. The molecular weight excluding hydrogens is 330 g/mol. The number of carboxylic acids is 1. The van der Waals surface area contributed by atoms with Gasteiger partial charge in [0, 0.05) is 18.1 Å². The fraction of sp³-hybridized carbons (Fsp3) is 0.118. The van der Waals surface area contributed by atoms with E-state index in [1.807, 2.05) is 29.7 Å². The molecule has 0 spiro atoms. The van der Waals surface area contributed by atoms with Crippen molar-refractivity contribution in [1.29, 1.82) is 0 Å². The molecule has 7 heteroatoms. The summed E-state index contributed by atoms with van der Waals surface area (Å²) in [5.41, 5.74) is 2.81. The lowest BCUT2D eigenvalue weighted by Gasteiger charge is -2.06. The van der Waals surface area contributed by atoms with E-state index in [1.54, 1.807) is 12.3 Å². The summed E-state index contributed by atoms with van der Waals surface area (Å²) in [6.45, 7) is 1.97. The van der Waals surface area contributed by atoms with Crippen LogP contribution in [0.2, 0.25) is 5.02 Å². The third kappa shape index (κ3) is 3.38. The number of aryl methyl sites for hydroxylation is 1. The Morgan fingerprint density at radius 1 is 1.29 bits per heavy atom. The van der Waals surface area contributed by atoms with E-state index in [2.05, 4.69) is 10.3 Å². The third-order valence-electron chi connectivity index (χ3n) is 3.49. The van der Waals surface area contributed by atoms with Gasteiger partial charge >= 0.3 is 5.97 Å². The molecule has 0 atom stereocenters. The number of imidazole rings is 1. The summed E-state index contributed by atoms with van der Waals surface area (Å²) in [6.07, 6.45) is 3.77. The number of fused-ring (bicyclic) bond motifs is 1. The summed E-state index contributed by atoms with van der Waals surface area (Å²) >= 11 is 5.81. The highest BCUT2D eigenvalue weighted by molar-refractivity contribution is 6.33. The molecule has 3 aromatic rings. The van der Waals surface area contributed by atoms with E-state index in [-0.39, 0.29) is 22.9 Å². The summed E-state index contributed by atoms with van der Waals surface area (Å²) in [4.78, 5) is 27.6. The lowest BCUT2D eigenvalue weighted by molar-refractivity contribution is -0.115. The van der Waals surface area contributed by atoms with Crippen molar-refractivity contribution >= 4 is 34.8 Å². The molecule has 1 amide bonds. The average Bonchev–Trinajstić information content (AvgIpc) is 2.90. The Kier molecular flexibility index (Phi) is 4.22. The molecule has 24 heavy (non-hydrogen) atoms. The molecule has 0 bridgehead atoms. The Labute approximate surface area is 142 Å². The molecule has 0 aliphatic heterocycles. The number of pyridine rings is 1. The Balaban J connectivity index is 1.75. The van der Waals surface area contributed by atoms with Gasteiger partial charge in [-0.05, 0) is 42.8 Å². The number of carbonyl (C=O) groups is 2. The Morgan fingerprint density at radius 3 is 2.83 bits per heavy atom. The van der Waals surface area contributed by atoms with Crippen molar-refractivity contribution in [2.24, 2.45) is 0 Å². The number of aromatic nitrogens is 2. The smallest absolute Gasteiger partial charge is 0.337 e. The quantitative estimate of drug-likeness (QED) is 0.762. The first-order valence-corrected chi connectivity index (χ1v) is 7.57. The second-order valence-corrected chi connectivity index (χ2v) is 5.83. The van der Waals surface area contributed by atoms with Crippen molar-refractivity contribution in [3.8, 4) is 0 Å². The number of benzene rings is 1. The number of carbonyl (C=O) groups excluding carboxylic acids is 1. The van der Waals surface area contributed by atoms with Crippen LogP contribution in [0.15, 0.2) is 42.7 Å². The largest absolute Gasteiger partial charge is 0.478 e. The summed E-state index contributed by atoms with van der Waals surface area (Å²) in [5.74, 6) is -1.43. The first-order chi connectivity index (χ1) is 11.4. The van der Waals surface area contributed by atoms with Crippen molar-refractivity contribution in [1.82, 2.24) is 9.38 Å². The Bertz CT molecular complexity index is 949. The minimum absolute atomic E-state index is 0.0577. The van der Waals surface area contributed by atoms with Crippen molar-refractivity contribution in [2.45, 2.75) is 13.3 Å². The average molecular weight is 344 g/mol. The van der Waals surface area contributed by atoms with E-state index in [1.165, 1.54) is 12.1 Å². The lowest BCUT2D eigenvalue weighted by atomic mass is 10.2. The summed E-state index contributed by atoms with van der Waals surface area (Å²) in [6, 6.07) is 8.21. The lowest BCUT2D eigenvalue weighted by Crippen LogP contribution is -2.15. The minimum Gasteiger partial charge on any atom is -0.478 e. The molecule has 0 radical (unpaired) electrons. The number of rotatable bonds is 4. The molecule has 3 rings (SSSR count). The molecule has 0 saturated heterocycles. The summed E-state index contributed by atoms with van der Waals surface area (Å²) in [5, 5.41) is 11.8. The monoisotopic (exact) mass is 343 g/mol. The van der Waals surface area contributed by atoms with E-state index < -0.39 is 5.97 Å². The van der Waals surface area contributed by atoms with Gasteiger partial charge in [0.15, 0.2) is 0 Å². The standard InChI is InChI=1S/C17H14ClN3O3/c1-10-4-5-21-9-12(19-15(21)6-10)8-16(22)20-11-2-3-14(18)13(7-11)17(23)24/h2-7,9H,8H2,1H3,(H,20,22)(H,23,24). The highest BCUT2D eigenvalue weighted by atomic mass is 35.5. The maximum absolute atomic E-state index is 12.2. The second-order valence-electron chi connectivity index (χ2n) is 5.43. The Hall–Kier alpha value is -2.86. The van der Waals surface area contributed by atoms with Crippen LogP contribution in [-0.4, -0.2) is 26.4 Å². The van der Waals surface area contributed by atoms with Crippen LogP contribution in [0.25, 0.3) is 5.65 Å². The topological polar surface area (TPSA) is 83.7 Å². The number of carboxylic acid groups (broad SMARTS) is 1. The van der Waals surface area contributed by atoms with Crippen LogP contribution in [0.5, 0.6) is 0 Å². The number of halogens is 1. The number of amides is 1. The highest BCUT2D eigenvalue weighted by Crippen LogP contribution is 2.20. The molecule has 2 heterocycles. The van der Waals surface area contributed by atoms with Crippen LogP contribution >= 0.6 is 11.6 Å². The first kappa shape index (κ1) is 16.0. The van der Waals surface area contributed by atoms with Crippen LogP contribution in [0.4, 0.5) is 5.69 Å². The van der Waals surface area contributed by atoms with Gasteiger partial charge in [0.2, 0.25) is 5.91 Å². The van der Waals surface area contributed by atoms with Gasteiger partial charge in [-0.15, -0.1) is 0 Å². The van der Waals surface area contributed by atoms with Gasteiger partial charge < -0.3 is 14.8 Å². The fourth-order valence-corrected chi connectivity index (χ4v) is 2.56.